The molecule has 2 aliphatic heterocycles. The van der Waals surface area contributed by atoms with Crippen molar-refractivity contribution < 1.29 is 69.0 Å². The number of aliphatic hydroxyl groups is 7. The first-order valence-corrected chi connectivity index (χ1v) is 33.2. The molecule has 11 atom stereocenters. The molecular formula is C67H122O14. The van der Waals surface area contributed by atoms with Crippen molar-refractivity contribution in [3.05, 3.63) is 48.6 Å². The van der Waals surface area contributed by atoms with Gasteiger partial charge in [-0.2, -0.15) is 0 Å². The van der Waals surface area contributed by atoms with Gasteiger partial charge in [-0.25, -0.2) is 0 Å². The highest BCUT2D eigenvalue weighted by molar-refractivity contribution is 5.69. The molecule has 7 N–H and O–H groups in total. The van der Waals surface area contributed by atoms with Gasteiger partial charge in [-0.05, 0) is 77.0 Å². The molecule has 0 saturated carbocycles. The first-order valence-electron chi connectivity index (χ1n) is 33.2. The second-order valence-electron chi connectivity index (χ2n) is 23.3. The van der Waals surface area contributed by atoms with Crippen LogP contribution in [0.5, 0.6) is 0 Å². The topological polar surface area (TPSA) is 214 Å². The van der Waals surface area contributed by atoms with E-state index in [0.29, 0.717) is 13.0 Å². The molecule has 2 heterocycles. The monoisotopic (exact) mass is 1150 g/mol. The zero-order valence-electron chi connectivity index (χ0n) is 51.3. The second-order valence-corrected chi connectivity index (χ2v) is 23.3. The summed E-state index contributed by atoms with van der Waals surface area (Å²) in [7, 11) is 0. The third-order valence-corrected chi connectivity index (χ3v) is 15.8. The Kier molecular flexibility index (Phi) is 49.5. The van der Waals surface area contributed by atoms with Crippen LogP contribution in [0.1, 0.15) is 271 Å². The summed E-state index contributed by atoms with van der Waals surface area (Å²) in [4.78, 5) is 13.1. The molecule has 2 rings (SSSR count). The SMILES string of the molecule is CCCCCCC/C=C\C/C=C\C/C=C\CCCCCCCCCCCOCC(COC1OC(COC2OC(CO)C(O)C(O)C2O)C(O)C(O)C1O)OC(=O)CCCCCCCCCCCCC/C=C\CCCCCCCCCC. The van der Waals surface area contributed by atoms with Gasteiger partial charge in [-0.3, -0.25) is 4.79 Å². The van der Waals surface area contributed by atoms with E-state index in [1.54, 1.807) is 0 Å². The van der Waals surface area contributed by atoms with E-state index in [0.717, 1.165) is 57.8 Å². The fourth-order valence-electron chi connectivity index (χ4n) is 10.5. The number of allylic oxidation sites excluding steroid dienone is 8. The molecule has 2 fully saturated rings. The molecule has 0 aromatic rings. The lowest BCUT2D eigenvalue weighted by Crippen LogP contribution is -2.61. The number of hydrogen-bond donors (Lipinski definition) is 7. The Morgan fingerprint density at radius 2 is 0.765 bits per heavy atom. The summed E-state index contributed by atoms with van der Waals surface area (Å²) in [5, 5.41) is 72.5. The summed E-state index contributed by atoms with van der Waals surface area (Å²) in [6.07, 6.45) is 50.3. The smallest absolute Gasteiger partial charge is 0.306 e. The van der Waals surface area contributed by atoms with Gasteiger partial charge in [0.15, 0.2) is 12.6 Å². The molecule has 14 nitrogen and oxygen atoms in total. The molecule has 0 bridgehead atoms. The number of carbonyl (C=O) groups is 1. The van der Waals surface area contributed by atoms with Crippen molar-refractivity contribution in [2.24, 2.45) is 0 Å². The van der Waals surface area contributed by atoms with Gasteiger partial charge in [0.1, 0.15) is 54.9 Å². The predicted octanol–water partition coefficient (Wildman–Crippen LogP) is 13.4. The molecule has 0 radical (unpaired) electrons. The zero-order valence-corrected chi connectivity index (χ0v) is 51.3. The Morgan fingerprint density at radius 3 is 1.21 bits per heavy atom. The number of unbranched alkanes of at least 4 members (excludes halogenated alkanes) is 33. The molecule has 2 aliphatic rings. The van der Waals surface area contributed by atoms with Gasteiger partial charge in [-0.15, -0.1) is 0 Å². The van der Waals surface area contributed by atoms with Crippen LogP contribution < -0.4 is 0 Å². The van der Waals surface area contributed by atoms with Crippen LogP contribution >= 0.6 is 0 Å². The van der Waals surface area contributed by atoms with E-state index in [-0.39, 0.29) is 25.6 Å². The Labute approximate surface area is 492 Å². The minimum absolute atomic E-state index is 0.0582. The maximum atomic E-state index is 13.1. The summed E-state index contributed by atoms with van der Waals surface area (Å²) in [6.45, 7) is 3.71. The van der Waals surface area contributed by atoms with Crippen LogP contribution in [-0.4, -0.2) is 142 Å². The second kappa shape index (κ2) is 53.4. The zero-order chi connectivity index (χ0) is 58.6. The van der Waals surface area contributed by atoms with Gasteiger partial charge in [0.2, 0.25) is 0 Å². The van der Waals surface area contributed by atoms with Gasteiger partial charge in [0, 0.05) is 13.0 Å². The van der Waals surface area contributed by atoms with E-state index in [1.807, 2.05) is 0 Å². The highest BCUT2D eigenvalue weighted by Gasteiger charge is 2.47. The van der Waals surface area contributed by atoms with Crippen LogP contribution in [0.4, 0.5) is 0 Å². The third kappa shape index (κ3) is 39.3. The van der Waals surface area contributed by atoms with Crippen molar-refractivity contribution in [3.63, 3.8) is 0 Å². The standard InChI is InChI=1S/C67H122O14/c1-3-5-7-9-11-13-15-17-19-21-23-25-27-29-31-33-35-37-39-41-43-45-47-49-51-76-53-56(54-77-66-65(75)63(73)61(71)58(81-66)55-78-67-64(74)62(72)60(70)57(52-68)80-67)79-59(69)50-48-46-44-42-40-38-36-34-32-30-28-26-24-22-20-18-16-14-12-10-8-6-4-2/h15,17,21-24,27,29,56-58,60-68,70-75H,3-14,16,18-20,25-26,28,30-55H2,1-2H3/b17-15-,23-21-,24-22-,29-27-. The largest absolute Gasteiger partial charge is 0.457 e. The number of ether oxygens (including phenoxy) is 6. The number of carbonyl (C=O) groups excluding carboxylic acids is 1. The molecule has 81 heavy (non-hydrogen) atoms. The molecule has 0 aromatic heterocycles. The third-order valence-electron chi connectivity index (χ3n) is 15.8. The van der Waals surface area contributed by atoms with Gasteiger partial charge in [-0.1, -0.05) is 236 Å². The van der Waals surface area contributed by atoms with E-state index in [4.69, 9.17) is 28.4 Å². The summed E-state index contributed by atoms with van der Waals surface area (Å²) in [5.74, 6) is -0.376. The van der Waals surface area contributed by atoms with Crippen molar-refractivity contribution in [2.75, 3.05) is 33.0 Å². The van der Waals surface area contributed by atoms with Crippen LogP contribution in [0.25, 0.3) is 0 Å². The molecule has 474 valence electrons. The number of rotatable bonds is 55. The normalized spacial score (nSPS) is 24.0. The van der Waals surface area contributed by atoms with Gasteiger partial charge in [0.05, 0.1) is 26.4 Å². The Balaban J connectivity index is 1.67. The van der Waals surface area contributed by atoms with Crippen molar-refractivity contribution in [1.29, 1.82) is 0 Å². The Morgan fingerprint density at radius 1 is 0.407 bits per heavy atom. The average molecular weight is 1150 g/mol. The quantitative estimate of drug-likeness (QED) is 0.0171. The summed E-state index contributed by atoms with van der Waals surface area (Å²) < 4.78 is 34.5. The molecule has 0 spiro atoms. The highest BCUT2D eigenvalue weighted by Crippen LogP contribution is 2.27. The number of esters is 1. The fourth-order valence-corrected chi connectivity index (χ4v) is 10.5. The number of aliphatic hydroxyl groups excluding tert-OH is 7. The maximum absolute atomic E-state index is 13.1. The van der Waals surface area contributed by atoms with Gasteiger partial charge in [0.25, 0.3) is 0 Å². The van der Waals surface area contributed by atoms with Crippen molar-refractivity contribution in [3.8, 4) is 0 Å². The maximum Gasteiger partial charge on any atom is 0.306 e. The lowest BCUT2D eigenvalue weighted by molar-refractivity contribution is -0.332. The van der Waals surface area contributed by atoms with E-state index in [2.05, 4.69) is 62.5 Å². The van der Waals surface area contributed by atoms with Crippen LogP contribution in [0.3, 0.4) is 0 Å². The van der Waals surface area contributed by atoms with Crippen LogP contribution in [-0.2, 0) is 33.2 Å². The summed E-state index contributed by atoms with van der Waals surface area (Å²) >= 11 is 0. The van der Waals surface area contributed by atoms with Gasteiger partial charge < -0.3 is 64.2 Å². The average Bonchev–Trinajstić information content (AvgIpc) is 3.46. The first-order chi connectivity index (χ1) is 39.6. The predicted molar refractivity (Wildman–Crippen MR) is 326 cm³/mol. The summed E-state index contributed by atoms with van der Waals surface area (Å²) in [5.41, 5.74) is 0. The lowest BCUT2D eigenvalue weighted by atomic mass is 9.98. The van der Waals surface area contributed by atoms with Crippen LogP contribution in [0.2, 0.25) is 0 Å². The molecule has 0 aromatic carbocycles. The molecule has 14 heteroatoms. The first kappa shape index (κ1) is 75.0. The van der Waals surface area contributed by atoms with Crippen molar-refractivity contribution in [1.82, 2.24) is 0 Å². The van der Waals surface area contributed by atoms with Crippen molar-refractivity contribution in [2.45, 2.75) is 338 Å². The van der Waals surface area contributed by atoms with Crippen LogP contribution in [0.15, 0.2) is 48.6 Å². The molecule has 2 saturated heterocycles. The molecule has 11 unspecified atom stereocenters. The van der Waals surface area contributed by atoms with E-state index in [9.17, 15) is 40.5 Å². The Bertz CT molecular complexity index is 1520. The van der Waals surface area contributed by atoms with E-state index >= 15 is 0 Å². The lowest BCUT2D eigenvalue weighted by Gasteiger charge is -2.42. The Hall–Kier alpha value is -2.05. The number of hydrogen-bond acceptors (Lipinski definition) is 14. The molecule has 0 aliphatic carbocycles. The van der Waals surface area contributed by atoms with Crippen molar-refractivity contribution >= 4 is 5.97 Å². The highest BCUT2D eigenvalue weighted by atomic mass is 16.7. The minimum Gasteiger partial charge on any atom is -0.457 e. The van der Waals surface area contributed by atoms with E-state index < -0.39 is 80.7 Å². The van der Waals surface area contributed by atoms with E-state index in [1.165, 1.54) is 186 Å². The molecule has 0 amide bonds. The fraction of sp³-hybridized carbons (Fsp3) is 0.866. The van der Waals surface area contributed by atoms with Gasteiger partial charge >= 0.3 is 5.97 Å². The van der Waals surface area contributed by atoms with Crippen LogP contribution in [0, 0.1) is 0 Å². The molecular weight excluding hydrogens is 1030 g/mol. The summed E-state index contributed by atoms with van der Waals surface area (Å²) in [6, 6.07) is 0. The minimum atomic E-state index is -1.71.